The van der Waals surface area contributed by atoms with Gasteiger partial charge in [-0.25, -0.2) is 0 Å². The minimum absolute atomic E-state index is 0.213. The molecule has 1 N–H and O–H groups in total. The van der Waals surface area contributed by atoms with Crippen LogP contribution in [-0.4, -0.2) is 36.5 Å². The highest BCUT2D eigenvalue weighted by atomic mass is 16.2. The maximum atomic E-state index is 12.5. The van der Waals surface area contributed by atoms with Crippen LogP contribution in [0.25, 0.3) is 0 Å². The van der Waals surface area contributed by atoms with Crippen molar-refractivity contribution in [2.75, 3.05) is 19.6 Å². The quantitative estimate of drug-likeness (QED) is 0.905. The van der Waals surface area contributed by atoms with Crippen molar-refractivity contribution in [2.24, 2.45) is 5.92 Å². The van der Waals surface area contributed by atoms with Crippen LogP contribution in [0.1, 0.15) is 60.4 Å². The average molecular weight is 298 g/mol. The van der Waals surface area contributed by atoms with Crippen LogP contribution >= 0.6 is 0 Å². The number of likely N-dealkylation sites (tertiary alicyclic amines) is 1. The van der Waals surface area contributed by atoms with E-state index in [4.69, 9.17) is 0 Å². The molecule has 2 aliphatic carbocycles. The van der Waals surface area contributed by atoms with Crippen molar-refractivity contribution in [3.63, 3.8) is 0 Å². The van der Waals surface area contributed by atoms with Crippen LogP contribution in [-0.2, 0) is 0 Å². The fraction of sp³-hybridized carbons (Fsp3) is 0.632. The number of benzene rings is 1. The van der Waals surface area contributed by atoms with E-state index in [2.05, 4.69) is 17.4 Å². The molecule has 3 aliphatic rings. The molecule has 3 fully saturated rings. The van der Waals surface area contributed by atoms with E-state index in [-0.39, 0.29) is 5.91 Å². The van der Waals surface area contributed by atoms with Gasteiger partial charge in [0.05, 0.1) is 0 Å². The van der Waals surface area contributed by atoms with Crippen LogP contribution in [0.2, 0.25) is 0 Å². The molecule has 1 aliphatic heterocycles. The first-order valence-electron chi connectivity index (χ1n) is 8.94. The van der Waals surface area contributed by atoms with E-state index in [0.29, 0.717) is 12.0 Å². The van der Waals surface area contributed by atoms with Gasteiger partial charge in [0.2, 0.25) is 0 Å². The van der Waals surface area contributed by atoms with Gasteiger partial charge in [-0.1, -0.05) is 12.1 Å². The lowest BCUT2D eigenvalue weighted by molar-refractivity contribution is 0.0724. The van der Waals surface area contributed by atoms with E-state index in [1.807, 2.05) is 17.0 Å². The Bertz CT molecular complexity index is 529. The van der Waals surface area contributed by atoms with Gasteiger partial charge in [0.15, 0.2) is 0 Å². The largest absolute Gasteiger partial charge is 0.339 e. The van der Waals surface area contributed by atoms with Gasteiger partial charge in [0, 0.05) is 30.6 Å². The Labute approximate surface area is 133 Å². The molecule has 2 atom stereocenters. The second-order valence-electron chi connectivity index (χ2n) is 7.28. The highest BCUT2D eigenvalue weighted by Crippen LogP contribution is 2.41. The lowest BCUT2D eigenvalue weighted by Gasteiger charge is -2.26. The molecule has 1 heterocycles. The Hall–Kier alpha value is -1.35. The monoisotopic (exact) mass is 298 g/mol. The molecule has 1 amide bonds. The summed E-state index contributed by atoms with van der Waals surface area (Å²) < 4.78 is 0. The molecule has 0 radical (unpaired) electrons. The van der Waals surface area contributed by atoms with Gasteiger partial charge in [-0.05, 0) is 68.7 Å². The standard InChI is InChI=1S/C19H26N2O/c22-19(21-10-2-1-3-11-21)16-8-6-15(7-9-16)17-12-18(17)20-13-14-4-5-14/h6-9,14,17-18,20H,1-5,10-13H2. The Morgan fingerprint density at radius 1 is 1.09 bits per heavy atom. The van der Waals surface area contributed by atoms with E-state index in [1.165, 1.54) is 37.8 Å². The third-order valence-corrected chi connectivity index (χ3v) is 5.39. The number of amides is 1. The zero-order valence-electron chi connectivity index (χ0n) is 13.3. The van der Waals surface area contributed by atoms with E-state index in [1.54, 1.807) is 0 Å². The molecule has 118 valence electrons. The molecule has 1 aromatic carbocycles. The van der Waals surface area contributed by atoms with Crippen LogP contribution in [0.15, 0.2) is 24.3 Å². The third-order valence-electron chi connectivity index (χ3n) is 5.39. The lowest BCUT2D eigenvalue weighted by Crippen LogP contribution is -2.35. The number of hydrogen-bond acceptors (Lipinski definition) is 2. The highest BCUT2D eigenvalue weighted by Gasteiger charge is 2.38. The number of rotatable bonds is 5. The van der Waals surface area contributed by atoms with Gasteiger partial charge in [0.1, 0.15) is 0 Å². The molecule has 3 heteroatoms. The molecule has 4 rings (SSSR count). The molecular formula is C19H26N2O. The second kappa shape index (κ2) is 6.04. The third kappa shape index (κ3) is 3.19. The van der Waals surface area contributed by atoms with Crippen molar-refractivity contribution in [3.05, 3.63) is 35.4 Å². The molecule has 0 spiro atoms. The summed E-state index contributed by atoms with van der Waals surface area (Å²) in [6, 6.07) is 9.07. The SMILES string of the molecule is O=C(c1ccc(C2CC2NCC2CC2)cc1)N1CCCCC1. The van der Waals surface area contributed by atoms with Gasteiger partial charge in [-0.15, -0.1) is 0 Å². The first-order valence-corrected chi connectivity index (χ1v) is 8.94. The fourth-order valence-electron chi connectivity index (χ4n) is 3.58. The van der Waals surface area contributed by atoms with Gasteiger partial charge in [0.25, 0.3) is 5.91 Å². The van der Waals surface area contributed by atoms with Crippen LogP contribution in [0.4, 0.5) is 0 Å². The number of piperidine rings is 1. The van der Waals surface area contributed by atoms with Crippen LogP contribution in [0, 0.1) is 5.92 Å². The molecule has 2 saturated carbocycles. The summed E-state index contributed by atoms with van der Waals surface area (Å²) in [5, 5.41) is 3.68. The first-order chi connectivity index (χ1) is 10.8. The molecular weight excluding hydrogens is 272 g/mol. The van der Waals surface area contributed by atoms with Gasteiger partial charge >= 0.3 is 0 Å². The topological polar surface area (TPSA) is 32.3 Å². The van der Waals surface area contributed by atoms with Crippen LogP contribution in [0.3, 0.4) is 0 Å². The van der Waals surface area contributed by atoms with Crippen molar-refractivity contribution in [1.29, 1.82) is 0 Å². The smallest absolute Gasteiger partial charge is 0.253 e. The van der Waals surface area contributed by atoms with E-state index in [0.717, 1.165) is 37.4 Å². The number of nitrogens with zero attached hydrogens (tertiary/aromatic N) is 1. The van der Waals surface area contributed by atoms with E-state index < -0.39 is 0 Å². The predicted octanol–water partition coefficient (Wildman–Crippen LogP) is 3.17. The number of hydrogen-bond donors (Lipinski definition) is 1. The highest BCUT2D eigenvalue weighted by molar-refractivity contribution is 5.94. The maximum absolute atomic E-state index is 12.5. The molecule has 22 heavy (non-hydrogen) atoms. The van der Waals surface area contributed by atoms with E-state index in [9.17, 15) is 4.79 Å². The van der Waals surface area contributed by atoms with Crippen molar-refractivity contribution >= 4 is 5.91 Å². The van der Waals surface area contributed by atoms with Gasteiger partial charge in [-0.3, -0.25) is 4.79 Å². The number of carbonyl (C=O) groups is 1. The van der Waals surface area contributed by atoms with Crippen molar-refractivity contribution in [3.8, 4) is 0 Å². The van der Waals surface area contributed by atoms with Gasteiger partial charge in [-0.2, -0.15) is 0 Å². The Morgan fingerprint density at radius 2 is 1.82 bits per heavy atom. The summed E-state index contributed by atoms with van der Waals surface area (Å²) in [5.41, 5.74) is 2.25. The lowest BCUT2D eigenvalue weighted by atomic mass is 10.1. The summed E-state index contributed by atoms with van der Waals surface area (Å²) in [4.78, 5) is 14.5. The molecule has 0 bridgehead atoms. The summed E-state index contributed by atoms with van der Waals surface area (Å²) >= 11 is 0. The molecule has 3 nitrogen and oxygen atoms in total. The molecule has 2 unspecified atom stereocenters. The van der Waals surface area contributed by atoms with Crippen molar-refractivity contribution in [2.45, 2.75) is 50.5 Å². The predicted molar refractivity (Wildman–Crippen MR) is 88.1 cm³/mol. The number of nitrogens with one attached hydrogen (secondary N) is 1. The van der Waals surface area contributed by atoms with Crippen molar-refractivity contribution in [1.82, 2.24) is 10.2 Å². The summed E-state index contributed by atoms with van der Waals surface area (Å²) in [5.74, 6) is 1.83. The molecule has 0 aromatic heterocycles. The Balaban J connectivity index is 1.33. The summed E-state index contributed by atoms with van der Waals surface area (Å²) in [6.45, 7) is 3.05. The average Bonchev–Trinajstić information content (AvgIpc) is 3.47. The summed E-state index contributed by atoms with van der Waals surface area (Å²) in [7, 11) is 0. The van der Waals surface area contributed by atoms with Crippen LogP contribution < -0.4 is 5.32 Å². The summed E-state index contributed by atoms with van der Waals surface area (Å²) in [6.07, 6.45) is 7.65. The Morgan fingerprint density at radius 3 is 2.50 bits per heavy atom. The molecule has 1 aromatic rings. The Kier molecular flexibility index (Phi) is 3.91. The zero-order chi connectivity index (χ0) is 14.9. The van der Waals surface area contributed by atoms with Crippen LogP contribution in [0.5, 0.6) is 0 Å². The second-order valence-corrected chi connectivity index (χ2v) is 7.28. The van der Waals surface area contributed by atoms with Crippen molar-refractivity contribution < 1.29 is 4.79 Å². The maximum Gasteiger partial charge on any atom is 0.253 e. The minimum Gasteiger partial charge on any atom is -0.339 e. The van der Waals surface area contributed by atoms with Gasteiger partial charge < -0.3 is 10.2 Å². The van der Waals surface area contributed by atoms with E-state index >= 15 is 0 Å². The normalized spacial score (nSPS) is 27.7. The fourth-order valence-corrected chi connectivity index (χ4v) is 3.58. The first kappa shape index (κ1) is 14.3. The minimum atomic E-state index is 0.213. The zero-order valence-corrected chi connectivity index (χ0v) is 13.3. The number of carbonyl (C=O) groups excluding carboxylic acids is 1. The molecule has 1 saturated heterocycles.